The first-order chi connectivity index (χ1) is 12.1. The van der Waals surface area contributed by atoms with Crippen LogP contribution in [0.15, 0.2) is 59.5 Å². The van der Waals surface area contributed by atoms with E-state index in [1.54, 1.807) is 16.7 Å². The number of rotatable bonds is 3. The predicted molar refractivity (Wildman–Crippen MR) is 106 cm³/mol. The zero-order valence-corrected chi connectivity index (χ0v) is 15.5. The zero-order valence-electron chi connectivity index (χ0n) is 14.7. The average Bonchev–Trinajstić information content (AvgIpc) is 2.97. The van der Waals surface area contributed by atoms with E-state index in [1.165, 1.54) is 5.56 Å². The molecule has 0 radical (unpaired) electrons. The third-order valence-corrected chi connectivity index (χ3v) is 4.99. The molecule has 0 bridgehead atoms. The Labute approximate surface area is 158 Å². The number of likely N-dealkylation sites (tertiary alicyclic amines) is 1. The van der Waals surface area contributed by atoms with Crippen molar-refractivity contribution in [3.8, 4) is 0 Å². The Bertz CT molecular complexity index is 957. The number of benzene rings is 1. The Morgan fingerprint density at radius 1 is 1.15 bits per heavy atom. The number of fused-ring (bicyclic) bond motifs is 1. The molecule has 1 aliphatic heterocycles. The molecule has 136 valence electrons. The Balaban J connectivity index is 0.00000196. The number of nitrogens with zero attached hydrogens (tertiary/aromatic N) is 3. The fourth-order valence-corrected chi connectivity index (χ4v) is 3.71. The van der Waals surface area contributed by atoms with Gasteiger partial charge in [-0.3, -0.25) is 14.1 Å². The van der Waals surface area contributed by atoms with Crippen molar-refractivity contribution in [1.29, 1.82) is 0 Å². The highest BCUT2D eigenvalue weighted by Gasteiger charge is 2.31. The molecule has 2 atom stereocenters. The van der Waals surface area contributed by atoms with E-state index in [9.17, 15) is 4.79 Å². The molecule has 2 N–H and O–H groups in total. The highest BCUT2D eigenvalue weighted by molar-refractivity contribution is 5.85. The van der Waals surface area contributed by atoms with E-state index in [-0.39, 0.29) is 24.0 Å². The SMILES string of the molecule is Cc1cccn2c(=O)cc(CN3C[C@@H](N)[C@H](c4ccccc4)C3)nc12.Cl. The van der Waals surface area contributed by atoms with E-state index < -0.39 is 0 Å². The number of hydrogen-bond acceptors (Lipinski definition) is 4. The highest BCUT2D eigenvalue weighted by Crippen LogP contribution is 2.27. The van der Waals surface area contributed by atoms with Crippen molar-refractivity contribution >= 4 is 18.1 Å². The average molecular weight is 371 g/mol. The van der Waals surface area contributed by atoms with Gasteiger partial charge in [0.05, 0.1) is 5.69 Å². The van der Waals surface area contributed by atoms with Gasteiger partial charge in [0.25, 0.3) is 5.56 Å². The fraction of sp³-hybridized carbons (Fsp3) is 0.300. The predicted octanol–water partition coefficient (Wildman–Crippen LogP) is 2.35. The maximum atomic E-state index is 12.4. The minimum absolute atomic E-state index is 0. The Morgan fingerprint density at radius 2 is 1.92 bits per heavy atom. The summed E-state index contributed by atoms with van der Waals surface area (Å²) in [6.07, 6.45) is 1.76. The summed E-state index contributed by atoms with van der Waals surface area (Å²) in [5.74, 6) is 0.324. The third kappa shape index (κ3) is 3.51. The van der Waals surface area contributed by atoms with Gasteiger partial charge in [0.2, 0.25) is 0 Å². The summed E-state index contributed by atoms with van der Waals surface area (Å²) in [7, 11) is 0. The maximum Gasteiger partial charge on any atom is 0.258 e. The van der Waals surface area contributed by atoms with Crippen LogP contribution >= 0.6 is 12.4 Å². The van der Waals surface area contributed by atoms with E-state index in [4.69, 9.17) is 10.7 Å². The van der Waals surface area contributed by atoms with Crippen LogP contribution in [0.3, 0.4) is 0 Å². The molecular formula is C20H23ClN4O. The second-order valence-electron chi connectivity index (χ2n) is 6.85. The number of halogens is 1. The molecular weight excluding hydrogens is 348 g/mol. The summed E-state index contributed by atoms with van der Waals surface area (Å²) < 4.78 is 1.60. The quantitative estimate of drug-likeness (QED) is 0.768. The molecule has 26 heavy (non-hydrogen) atoms. The largest absolute Gasteiger partial charge is 0.326 e. The smallest absolute Gasteiger partial charge is 0.258 e. The third-order valence-electron chi connectivity index (χ3n) is 4.99. The van der Waals surface area contributed by atoms with E-state index in [1.807, 2.05) is 25.1 Å². The monoisotopic (exact) mass is 370 g/mol. The second-order valence-corrected chi connectivity index (χ2v) is 6.85. The van der Waals surface area contributed by atoms with Crippen molar-refractivity contribution in [3.63, 3.8) is 0 Å². The van der Waals surface area contributed by atoms with Gasteiger partial charge in [-0.15, -0.1) is 12.4 Å². The molecule has 0 amide bonds. The molecule has 3 aromatic rings. The van der Waals surface area contributed by atoms with Crippen molar-refractivity contribution in [1.82, 2.24) is 14.3 Å². The van der Waals surface area contributed by atoms with E-state index in [0.29, 0.717) is 12.5 Å². The van der Waals surface area contributed by atoms with Gasteiger partial charge in [-0.05, 0) is 24.1 Å². The molecule has 4 rings (SSSR count). The summed E-state index contributed by atoms with van der Waals surface area (Å²) in [5, 5.41) is 0. The molecule has 0 spiro atoms. The van der Waals surface area contributed by atoms with Crippen LogP contribution in [0.2, 0.25) is 0 Å². The molecule has 5 nitrogen and oxygen atoms in total. The fourth-order valence-electron chi connectivity index (χ4n) is 3.71. The van der Waals surface area contributed by atoms with Crippen LogP contribution in [0.25, 0.3) is 5.65 Å². The van der Waals surface area contributed by atoms with Crippen LogP contribution in [-0.2, 0) is 6.54 Å². The lowest BCUT2D eigenvalue weighted by molar-refractivity contribution is 0.319. The standard InChI is InChI=1S/C20H22N4O.ClH/c1-14-6-5-9-24-19(25)10-16(22-20(14)24)11-23-12-17(18(21)13-23)15-7-3-2-4-8-15;/h2-10,17-18H,11-13,21H2,1H3;1H/t17-,18+;/m0./s1. The number of nitrogens with two attached hydrogens (primary N) is 1. The van der Waals surface area contributed by atoms with Crippen molar-refractivity contribution in [2.75, 3.05) is 13.1 Å². The molecule has 0 saturated carbocycles. The number of hydrogen-bond donors (Lipinski definition) is 1. The first-order valence-corrected chi connectivity index (χ1v) is 8.62. The van der Waals surface area contributed by atoms with Crippen LogP contribution in [-0.4, -0.2) is 33.4 Å². The Hall–Kier alpha value is -2.21. The van der Waals surface area contributed by atoms with E-state index in [0.717, 1.165) is 30.0 Å². The molecule has 1 aromatic carbocycles. The molecule has 1 saturated heterocycles. The van der Waals surface area contributed by atoms with Gasteiger partial charge in [0, 0.05) is 43.9 Å². The van der Waals surface area contributed by atoms with Crippen LogP contribution in [0.4, 0.5) is 0 Å². The summed E-state index contributed by atoms with van der Waals surface area (Å²) in [6.45, 7) is 4.33. The van der Waals surface area contributed by atoms with E-state index >= 15 is 0 Å². The van der Waals surface area contributed by atoms with Gasteiger partial charge in [0.1, 0.15) is 5.65 Å². The number of aryl methyl sites for hydroxylation is 1. The first-order valence-electron chi connectivity index (χ1n) is 8.62. The van der Waals surface area contributed by atoms with Crippen LogP contribution in [0.1, 0.15) is 22.7 Å². The molecule has 0 aliphatic carbocycles. The van der Waals surface area contributed by atoms with Gasteiger partial charge in [-0.1, -0.05) is 36.4 Å². The van der Waals surface area contributed by atoms with Crippen molar-refractivity contribution in [2.45, 2.75) is 25.4 Å². The zero-order chi connectivity index (χ0) is 17.4. The molecule has 6 heteroatoms. The van der Waals surface area contributed by atoms with Crippen LogP contribution in [0.5, 0.6) is 0 Å². The molecule has 1 aliphatic rings. The minimum Gasteiger partial charge on any atom is -0.326 e. The topological polar surface area (TPSA) is 63.6 Å². The number of aromatic nitrogens is 2. The summed E-state index contributed by atoms with van der Waals surface area (Å²) in [5.41, 5.74) is 10.2. The van der Waals surface area contributed by atoms with Crippen LogP contribution < -0.4 is 11.3 Å². The van der Waals surface area contributed by atoms with Crippen LogP contribution in [0, 0.1) is 6.92 Å². The van der Waals surface area contributed by atoms with Gasteiger partial charge >= 0.3 is 0 Å². The van der Waals surface area contributed by atoms with Gasteiger partial charge < -0.3 is 5.73 Å². The van der Waals surface area contributed by atoms with Gasteiger partial charge in [0.15, 0.2) is 0 Å². The maximum absolute atomic E-state index is 12.4. The first kappa shape index (κ1) is 18.6. The second kappa shape index (κ2) is 7.58. The highest BCUT2D eigenvalue weighted by atomic mass is 35.5. The minimum atomic E-state index is -0.0354. The lowest BCUT2D eigenvalue weighted by Gasteiger charge is -2.16. The van der Waals surface area contributed by atoms with Crippen molar-refractivity contribution < 1.29 is 0 Å². The van der Waals surface area contributed by atoms with Gasteiger partial charge in [-0.25, -0.2) is 4.98 Å². The molecule has 3 heterocycles. The number of pyridine rings is 1. The van der Waals surface area contributed by atoms with E-state index in [2.05, 4.69) is 29.2 Å². The Kier molecular flexibility index (Phi) is 5.41. The lowest BCUT2D eigenvalue weighted by atomic mass is 9.95. The molecule has 1 fully saturated rings. The lowest BCUT2D eigenvalue weighted by Crippen LogP contribution is -2.29. The summed E-state index contributed by atoms with van der Waals surface area (Å²) in [6, 6.07) is 16.0. The van der Waals surface area contributed by atoms with Gasteiger partial charge in [-0.2, -0.15) is 0 Å². The summed E-state index contributed by atoms with van der Waals surface area (Å²) in [4.78, 5) is 19.3. The summed E-state index contributed by atoms with van der Waals surface area (Å²) >= 11 is 0. The normalized spacial score (nSPS) is 20.2. The molecule has 0 unspecified atom stereocenters. The van der Waals surface area contributed by atoms with Crippen molar-refractivity contribution in [2.24, 2.45) is 5.73 Å². The Morgan fingerprint density at radius 3 is 2.69 bits per heavy atom. The van der Waals surface area contributed by atoms with Crippen molar-refractivity contribution in [3.05, 3.63) is 81.9 Å². The molecule has 2 aromatic heterocycles.